The zero-order chi connectivity index (χ0) is 9.26. The van der Waals surface area contributed by atoms with Crippen molar-refractivity contribution in [2.45, 2.75) is 6.04 Å². The van der Waals surface area contributed by atoms with Crippen molar-refractivity contribution in [3.8, 4) is 6.07 Å². The topological polar surface area (TPSA) is 78.8 Å². The molecule has 0 saturated carbocycles. The molecule has 1 aromatic heterocycles. The molecule has 5 nitrogen and oxygen atoms in total. The van der Waals surface area contributed by atoms with Crippen LogP contribution < -0.4 is 10.6 Å². The SMILES string of the molecule is N#Cc1nccnc1N1CC(N)C1. The predicted molar refractivity (Wildman–Crippen MR) is 46.9 cm³/mol. The third-order valence-corrected chi connectivity index (χ3v) is 1.99. The molecule has 66 valence electrons. The molecule has 2 N–H and O–H groups in total. The highest BCUT2D eigenvalue weighted by Crippen LogP contribution is 2.19. The van der Waals surface area contributed by atoms with Gasteiger partial charge in [-0.15, -0.1) is 0 Å². The fraction of sp³-hybridized carbons (Fsp3) is 0.375. The minimum atomic E-state index is 0.202. The van der Waals surface area contributed by atoms with Gasteiger partial charge in [0, 0.05) is 31.5 Å². The van der Waals surface area contributed by atoms with Crippen LogP contribution in [0.15, 0.2) is 12.4 Å². The van der Waals surface area contributed by atoms with E-state index in [1.807, 2.05) is 11.0 Å². The van der Waals surface area contributed by atoms with Crippen LogP contribution >= 0.6 is 0 Å². The summed E-state index contributed by atoms with van der Waals surface area (Å²) in [5.74, 6) is 0.645. The molecule has 0 radical (unpaired) electrons. The van der Waals surface area contributed by atoms with Gasteiger partial charge in [0.1, 0.15) is 6.07 Å². The van der Waals surface area contributed by atoms with Crippen LogP contribution in [0.4, 0.5) is 5.82 Å². The van der Waals surface area contributed by atoms with Crippen LogP contribution in [0.25, 0.3) is 0 Å². The van der Waals surface area contributed by atoms with E-state index in [2.05, 4.69) is 9.97 Å². The molecule has 1 aliphatic heterocycles. The molecule has 1 fully saturated rings. The lowest BCUT2D eigenvalue weighted by atomic mass is 10.1. The Bertz CT molecular complexity index is 350. The summed E-state index contributed by atoms with van der Waals surface area (Å²) in [7, 11) is 0. The number of nitrogens with two attached hydrogens (primary N) is 1. The third-order valence-electron chi connectivity index (χ3n) is 1.99. The summed E-state index contributed by atoms with van der Waals surface area (Å²) in [6, 6.07) is 2.21. The Morgan fingerprint density at radius 1 is 1.46 bits per heavy atom. The van der Waals surface area contributed by atoms with Gasteiger partial charge in [0.05, 0.1) is 0 Å². The first-order valence-corrected chi connectivity index (χ1v) is 4.03. The van der Waals surface area contributed by atoms with Gasteiger partial charge < -0.3 is 10.6 Å². The van der Waals surface area contributed by atoms with E-state index in [0.29, 0.717) is 11.5 Å². The van der Waals surface area contributed by atoms with E-state index in [1.165, 1.54) is 6.20 Å². The van der Waals surface area contributed by atoms with Crippen LogP contribution in [0.2, 0.25) is 0 Å². The van der Waals surface area contributed by atoms with Crippen molar-refractivity contribution < 1.29 is 0 Å². The van der Waals surface area contributed by atoms with Crippen LogP contribution in [0.1, 0.15) is 5.69 Å². The standard InChI is InChI=1S/C8H9N5/c9-3-7-8(12-2-1-11-7)13-4-6(10)5-13/h1-2,6H,4-5,10H2. The number of hydrogen-bond donors (Lipinski definition) is 1. The second-order valence-corrected chi connectivity index (χ2v) is 3.01. The molecule has 13 heavy (non-hydrogen) atoms. The van der Waals surface area contributed by atoms with E-state index in [0.717, 1.165) is 13.1 Å². The number of anilines is 1. The number of aromatic nitrogens is 2. The molecular formula is C8H9N5. The van der Waals surface area contributed by atoms with Gasteiger partial charge in [-0.2, -0.15) is 5.26 Å². The van der Waals surface area contributed by atoms with E-state index in [1.54, 1.807) is 6.20 Å². The van der Waals surface area contributed by atoms with Crippen molar-refractivity contribution in [3.05, 3.63) is 18.1 Å². The number of nitriles is 1. The average molecular weight is 175 g/mol. The molecule has 1 aliphatic rings. The zero-order valence-corrected chi connectivity index (χ0v) is 7.01. The van der Waals surface area contributed by atoms with Crippen molar-refractivity contribution in [1.82, 2.24) is 9.97 Å². The van der Waals surface area contributed by atoms with Crippen molar-refractivity contribution in [3.63, 3.8) is 0 Å². The van der Waals surface area contributed by atoms with Gasteiger partial charge in [-0.25, -0.2) is 9.97 Å². The molecule has 2 rings (SSSR count). The molecule has 1 saturated heterocycles. The smallest absolute Gasteiger partial charge is 0.183 e. The predicted octanol–water partition coefficient (Wildman–Crippen LogP) is -0.504. The molecule has 1 aromatic rings. The monoisotopic (exact) mass is 175 g/mol. The Hall–Kier alpha value is -1.67. The normalized spacial score (nSPS) is 16.5. The average Bonchev–Trinajstić information content (AvgIpc) is 2.13. The molecule has 5 heteroatoms. The van der Waals surface area contributed by atoms with Gasteiger partial charge in [-0.1, -0.05) is 0 Å². The summed E-state index contributed by atoms with van der Waals surface area (Å²) >= 11 is 0. The highest BCUT2D eigenvalue weighted by Gasteiger charge is 2.26. The largest absolute Gasteiger partial charge is 0.351 e. The van der Waals surface area contributed by atoms with Gasteiger partial charge in [0.2, 0.25) is 0 Å². The maximum absolute atomic E-state index is 8.74. The van der Waals surface area contributed by atoms with Crippen LogP contribution in [-0.2, 0) is 0 Å². The second-order valence-electron chi connectivity index (χ2n) is 3.01. The molecule has 0 aliphatic carbocycles. The highest BCUT2D eigenvalue weighted by atomic mass is 15.3. The Morgan fingerprint density at radius 3 is 2.77 bits per heavy atom. The molecule has 0 spiro atoms. The van der Waals surface area contributed by atoms with Crippen molar-refractivity contribution in [2.75, 3.05) is 18.0 Å². The minimum absolute atomic E-state index is 0.202. The maximum atomic E-state index is 8.74. The van der Waals surface area contributed by atoms with E-state index in [-0.39, 0.29) is 6.04 Å². The second kappa shape index (κ2) is 2.99. The molecule has 0 atom stereocenters. The van der Waals surface area contributed by atoms with Crippen LogP contribution in [0.3, 0.4) is 0 Å². The maximum Gasteiger partial charge on any atom is 0.183 e. The van der Waals surface area contributed by atoms with Gasteiger partial charge >= 0.3 is 0 Å². The lowest BCUT2D eigenvalue weighted by Crippen LogP contribution is -2.56. The van der Waals surface area contributed by atoms with Gasteiger partial charge in [-0.05, 0) is 0 Å². The Kier molecular flexibility index (Phi) is 1.83. The summed E-state index contributed by atoms with van der Waals surface area (Å²) in [4.78, 5) is 9.96. The van der Waals surface area contributed by atoms with E-state index in [4.69, 9.17) is 11.0 Å². The summed E-state index contributed by atoms with van der Waals surface area (Å²) < 4.78 is 0. The van der Waals surface area contributed by atoms with E-state index < -0.39 is 0 Å². The number of nitrogens with zero attached hydrogens (tertiary/aromatic N) is 4. The van der Waals surface area contributed by atoms with Crippen molar-refractivity contribution in [1.29, 1.82) is 5.26 Å². The Balaban J connectivity index is 2.26. The van der Waals surface area contributed by atoms with Crippen molar-refractivity contribution >= 4 is 5.82 Å². The fourth-order valence-electron chi connectivity index (χ4n) is 1.33. The Morgan fingerprint density at radius 2 is 2.15 bits per heavy atom. The summed E-state index contributed by atoms with van der Waals surface area (Å²) in [6.45, 7) is 1.51. The van der Waals surface area contributed by atoms with Crippen LogP contribution in [-0.4, -0.2) is 29.1 Å². The molecule has 0 aromatic carbocycles. The molecule has 2 heterocycles. The lowest BCUT2D eigenvalue weighted by molar-refractivity contribution is 0.513. The first-order chi connectivity index (χ1) is 6.31. The van der Waals surface area contributed by atoms with Gasteiger partial charge in [-0.3, -0.25) is 0 Å². The molecule has 0 bridgehead atoms. The highest BCUT2D eigenvalue weighted by molar-refractivity contribution is 5.51. The molecule has 0 unspecified atom stereocenters. The van der Waals surface area contributed by atoms with Crippen LogP contribution in [0.5, 0.6) is 0 Å². The van der Waals surface area contributed by atoms with Crippen LogP contribution in [0, 0.1) is 11.3 Å². The summed E-state index contributed by atoms with van der Waals surface area (Å²) in [5, 5.41) is 8.74. The van der Waals surface area contributed by atoms with Gasteiger partial charge in [0.15, 0.2) is 11.5 Å². The summed E-state index contributed by atoms with van der Waals surface area (Å²) in [6.07, 6.45) is 3.10. The number of hydrogen-bond acceptors (Lipinski definition) is 5. The first-order valence-electron chi connectivity index (χ1n) is 4.03. The minimum Gasteiger partial charge on any atom is -0.351 e. The first kappa shape index (κ1) is 7.95. The zero-order valence-electron chi connectivity index (χ0n) is 7.01. The van der Waals surface area contributed by atoms with E-state index >= 15 is 0 Å². The van der Waals surface area contributed by atoms with Crippen molar-refractivity contribution in [2.24, 2.45) is 5.73 Å². The van der Waals surface area contributed by atoms with E-state index in [9.17, 15) is 0 Å². The van der Waals surface area contributed by atoms with Gasteiger partial charge in [0.25, 0.3) is 0 Å². The quantitative estimate of drug-likeness (QED) is 0.622. The third kappa shape index (κ3) is 1.32. The fourth-order valence-corrected chi connectivity index (χ4v) is 1.33. The lowest BCUT2D eigenvalue weighted by Gasteiger charge is -2.37. The Labute approximate surface area is 75.8 Å². The molecule has 0 amide bonds. The number of rotatable bonds is 1. The summed E-state index contributed by atoms with van der Waals surface area (Å²) in [5.41, 5.74) is 5.99. The molecular weight excluding hydrogens is 166 g/mol.